The van der Waals surface area contributed by atoms with Crippen molar-refractivity contribution in [2.75, 3.05) is 28.4 Å². The van der Waals surface area contributed by atoms with Gasteiger partial charge in [0.1, 0.15) is 0 Å². The predicted molar refractivity (Wildman–Crippen MR) is 95.4 cm³/mol. The Bertz CT molecular complexity index is 712. The van der Waals surface area contributed by atoms with Gasteiger partial charge in [0.15, 0.2) is 23.0 Å². The van der Waals surface area contributed by atoms with Gasteiger partial charge in [-0.05, 0) is 59.4 Å². The highest BCUT2D eigenvalue weighted by Gasteiger charge is 2.15. The zero-order valence-corrected chi connectivity index (χ0v) is 14.5. The molecule has 0 atom stereocenters. The van der Waals surface area contributed by atoms with Crippen molar-refractivity contribution in [3.05, 3.63) is 46.5 Å². The minimum absolute atomic E-state index is 0.744. The molecule has 0 aliphatic heterocycles. The molecule has 0 heterocycles. The van der Waals surface area contributed by atoms with Crippen molar-refractivity contribution in [2.24, 2.45) is 0 Å². The van der Waals surface area contributed by atoms with Crippen LogP contribution < -0.4 is 18.9 Å². The molecule has 0 saturated carbocycles. The summed E-state index contributed by atoms with van der Waals surface area (Å²) in [6.07, 6.45) is 6.06. The number of hydrogen-bond acceptors (Lipinski definition) is 4. The quantitative estimate of drug-likeness (QED) is 0.851. The van der Waals surface area contributed by atoms with Crippen LogP contribution in [-0.4, -0.2) is 28.4 Å². The van der Waals surface area contributed by atoms with Crippen LogP contribution in [0.1, 0.15) is 22.3 Å². The zero-order valence-electron chi connectivity index (χ0n) is 14.5. The van der Waals surface area contributed by atoms with Crippen molar-refractivity contribution in [1.82, 2.24) is 0 Å². The maximum absolute atomic E-state index is 5.43. The van der Waals surface area contributed by atoms with Crippen LogP contribution in [0, 0.1) is 0 Å². The van der Waals surface area contributed by atoms with Crippen LogP contribution in [0.25, 0.3) is 12.2 Å². The topological polar surface area (TPSA) is 36.9 Å². The first-order valence-electron chi connectivity index (χ1n) is 7.88. The first kappa shape index (κ1) is 16.2. The summed E-state index contributed by atoms with van der Waals surface area (Å²) < 4.78 is 21.7. The first-order valence-corrected chi connectivity index (χ1v) is 7.88. The van der Waals surface area contributed by atoms with Crippen LogP contribution in [-0.2, 0) is 12.8 Å². The lowest BCUT2D eigenvalue weighted by Crippen LogP contribution is -2.02. The smallest absolute Gasteiger partial charge is 0.161 e. The third kappa shape index (κ3) is 2.92. The van der Waals surface area contributed by atoms with E-state index in [1.807, 2.05) is 12.1 Å². The summed E-state index contributed by atoms with van der Waals surface area (Å²) in [7, 11) is 6.64. The van der Waals surface area contributed by atoms with Crippen LogP contribution >= 0.6 is 0 Å². The fourth-order valence-electron chi connectivity index (χ4n) is 3.07. The molecule has 0 fully saturated rings. The van der Waals surface area contributed by atoms with Gasteiger partial charge in [-0.25, -0.2) is 0 Å². The number of benzene rings is 2. The van der Waals surface area contributed by atoms with E-state index in [0.717, 1.165) is 47.0 Å². The predicted octanol–water partition coefficient (Wildman–Crippen LogP) is 3.99. The van der Waals surface area contributed by atoms with Gasteiger partial charge in [-0.1, -0.05) is 12.2 Å². The van der Waals surface area contributed by atoms with Gasteiger partial charge < -0.3 is 18.9 Å². The monoisotopic (exact) mass is 326 g/mol. The SMILES string of the molecule is COc1cc2c(cc1OC)CCc1cc(OC)c(OC)cc1C=C2. The molecule has 0 radical (unpaired) electrons. The number of methoxy groups -OCH3 is 4. The normalized spacial score (nSPS) is 12.5. The number of ether oxygens (including phenoxy) is 4. The first-order chi connectivity index (χ1) is 11.7. The highest BCUT2D eigenvalue weighted by atomic mass is 16.5. The molecule has 24 heavy (non-hydrogen) atoms. The van der Waals surface area contributed by atoms with Crippen molar-refractivity contribution < 1.29 is 18.9 Å². The van der Waals surface area contributed by atoms with Crippen LogP contribution in [0.5, 0.6) is 23.0 Å². The maximum Gasteiger partial charge on any atom is 0.161 e. The summed E-state index contributed by atoms with van der Waals surface area (Å²) in [5.74, 6) is 3.01. The third-order valence-electron chi connectivity index (χ3n) is 4.40. The average molecular weight is 326 g/mol. The van der Waals surface area contributed by atoms with Gasteiger partial charge in [-0.3, -0.25) is 0 Å². The second kappa shape index (κ2) is 6.87. The van der Waals surface area contributed by atoms with Crippen LogP contribution in [0.3, 0.4) is 0 Å². The molecule has 2 aromatic rings. The number of fused-ring (bicyclic) bond motifs is 2. The molecule has 1 aliphatic carbocycles. The van der Waals surface area contributed by atoms with E-state index < -0.39 is 0 Å². The van der Waals surface area contributed by atoms with Gasteiger partial charge in [0.05, 0.1) is 28.4 Å². The molecule has 0 aromatic heterocycles. The van der Waals surface area contributed by atoms with E-state index in [4.69, 9.17) is 18.9 Å². The van der Waals surface area contributed by atoms with Gasteiger partial charge in [0, 0.05) is 0 Å². The van der Waals surface area contributed by atoms with Gasteiger partial charge in [0.2, 0.25) is 0 Å². The van der Waals surface area contributed by atoms with Crippen molar-refractivity contribution in [3.63, 3.8) is 0 Å². The van der Waals surface area contributed by atoms with Crippen molar-refractivity contribution >= 4 is 12.2 Å². The molecule has 0 saturated heterocycles. The maximum atomic E-state index is 5.43. The molecule has 3 rings (SSSR count). The van der Waals surface area contributed by atoms with Crippen molar-refractivity contribution in [3.8, 4) is 23.0 Å². The lowest BCUT2D eigenvalue weighted by atomic mass is 9.92. The Morgan fingerprint density at radius 3 is 1.21 bits per heavy atom. The number of hydrogen-bond donors (Lipinski definition) is 0. The lowest BCUT2D eigenvalue weighted by Gasteiger charge is -2.17. The molecule has 0 amide bonds. The van der Waals surface area contributed by atoms with Gasteiger partial charge in [-0.15, -0.1) is 0 Å². The molecular formula is C20H22O4. The summed E-state index contributed by atoms with van der Waals surface area (Å²) in [4.78, 5) is 0. The van der Waals surface area contributed by atoms with E-state index in [0.29, 0.717) is 0 Å². The second-order valence-corrected chi connectivity index (χ2v) is 5.65. The fourth-order valence-corrected chi connectivity index (χ4v) is 3.07. The number of rotatable bonds is 4. The summed E-state index contributed by atoms with van der Waals surface area (Å²) in [6.45, 7) is 0. The Morgan fingerprint density at radius 1 is 0.542 bits per heavy atom. The standard InChI is InChI=1S/C20H22O4/c1-21-17-9-13-5-6-15-11-19(23-3)20(24-4)12-16(15)8-7-14(13)10-18(17)22-2/h5-6,9-12H,7-8H2,1-4H3. The largest absolute Gasteiger partial charge is 0.493 e. The molecule has 0 N–H and O–H groups in total. The molecule has 0 unspecified atom stereocenters. The highest BCUT2D eigenvalue weighted by Crippen LogP contribution is 2.36. The van der Waals surface area contributed by atoms with E-state index >= 15 is 0 Å². The Hall–Kier alpha value is -2.62. The highest BCUT2D eigenvalue weighted by molar-refractivity contribution is 5.76. The molecule has 1 aliphatic rings. The van der Waals surface area contributed by atoms with Crippen LogP contribution in [0.15, 0.2) is 24.3 Å². The Balaban J connectivity index is 2.07. The van der Waals surface area contributed by atoms with E-state index in [1.165, 1.54) is 11.1 Å². The van der Waals surface area contributed by atoms with Crippen LogP contribution in [0.2, 0.25) is 0 Å². The number of aryl methyl sites for hydroxylation is 2. The Labute approximate surface area is 142 Å². The van der Waals surface area contributed by atoms with E-state index in [2.05, 4.69) is 24.3 Å². The minimum atomic E-state index is 0.744. The summed E-state index contributed by atoms with van der Waals surface area (Å²) >= 11 is 0. The summed E-state index contributed by atoms with van der Waals surface area (Å²) in [5.41, 5.74) is 4.77. The lowest BCUT2D eigenvalue weighted by molar-refractivity contribution is 0.354. The van der Waals surface area contributed by atoms with Gasteiger partial charge in [0.25, 0.3) is 0 Å². The average Bonchev–Trinajstić information content (AvgIpc) is 2.62. The summed E-state index contributed by atoms with van der Waals surface area (Å²) in [6, 6.07) is 8.17. The summed E-state index contributed by atoms with van der Waals surface area (Å²) in [5, 5.41) is 0. The van der Waals surface area contributed by atoms with Gasteiger partial charge in [-0.2, -0.15) is 0 Å². The van der Waals surface area contributed by atoms with Gasteiger partial charge >= 0.3 is 0 Å². The fraction of sp³-hybridized carbons (Fsp3) is 0.300. The molecule has 4 heteroatoms. The van der Waals surface area contributed by atoms with Crippen molar-refractivity contribution in [1.29, 1.82) is 0 Å². The third-order valence-corrected chi connectivity index (χ3v) is 4.40. The van der Waals surface area contributed by atoms with E-state index in [9.17, 15) is 0 Å². The second-order valence-electron chi connectivity index (χ2n) is 5.65. The minimum Gasteiger partial charge on any atom is -0.493 e. The van der Waals surface area contributed by atoms with E-state index in [-0.39, 0.29) is 0 Å². The molecule has 0 bridgehead atoms. The molecule has 4 nitrogen and oxygen atoms in total. The molecular weight excluding hydrogens is 304 g/mol. The Morgan fingerprint density at radius 2 is 0.875 bits per heavy atom. The zero-order chi connectivity index (χ0) is 17.1. The molecule has 0 spiro atoms. The van der Waals surface area contributed by atoms with Crippen LogP contribution in [0.4, 0.5) is 0 Å². The molecule has 2 aromatic carbocycles. The molecule has 126 valence electrons. The van der Waals surface area contributed by atoms with E-state index in [1.54, 1.807) is 28.4 Å². The van der Waals surface area contributed by atoms with Crippen molar-refractivity contribution in [2.45, 2.75) is 12.8 Å². The Kier molecular flexibility index (Phi) is 4.65.